The van der Waals surface area contributed by atoms with Crippen molar-refractivity contribution in [1.82, 2.24) is 15.6 Å². The third-order valence-electron chi connectivity index (χ3n) is 3.86. The molecule has 0 aliphatic carbocycles. The van der Waals surface area contributed by atoms with Crippen LogP contribution in [-0.4, -0.2) is 28.9 Å². The molecule has 0 spiro atoms. The summed E-state index contributed by atoms with van der Waals surface area (Å²) >= 11 is 0. The van der Waals surface area contributed by atoms with Crippen molar-refractivity contribution >= 4 is 17.3 Å². The molecule has 132 valence electrons. The number of carbonyl (C=O) groups excluding carboxylic acids is 1. The topological polar surface area (TPSA) is 105 Å². The average molecular weight is 349 g/mol. The Morgan fingerprint density at radius 3 is 2.50 bits per heavy atom. The molecule has 1 heterocycles. The highest BCUT2D eigenvalue weighted by Gasteiger charge is 2.11. The molecule has 0 saturated heterocycles. The van der Waals surface area contributed by atoms with Gasteiger partial charge in [-0.1, -0.05) is 12.1 Å². The van der Waals surface area contributed by atoms with Crippen molar-refractivity contribution in [1.29, 1.82) is 0 Å². The second-order valence-electron chi connectivity index (χ2n) is 5.66. The number of amides is 1. The van der Waals surface area contributed by atoms with Gasteiger partial charge >= 0.3 is 0 Å². The lowest BCUT2D eigenvalue weighted by atomic mass is 10.1. The van der Waals surface area contributed by atoms with E-state index in [4.69, 9.17) is 10.5 Å². The van der Waals surface area contributed by atoms with Gasteiger partial charge in [0, 0.05) is 11.3 Å². The molecule has 7 nitrogen and oxygen atoms in total. The lowest BCUT2D eigenvalue weighted by Crippen LogP contribution is -2.19. The van der Waals surface area contributed by atoms with E-state index in [2.05, 4.69) is 20.7 Å². The third-order valence-corrected chi connectivity index (χ3v) is 3.86. The number of aromatic amines is 1. The highest BCUT2D eigenvalue weighted by Crippen LogP contribution is 2.21. The SMILES string of the molecule is COc1ccc(-c2cc(C(=O)N/N=C(/C)c3ccc(N)cc3)[nH]n2)cc1. The number of ether oxygens (including phenoxy) is 1. The van der Waals surface area contributed by atoms with E-state index >= 15 is 0 Å². The lowest BCUT2D eigenvalue weighted by molar-refractivity contribution is 0.0950. The van der Waals surface area contributed by atoms with E-state index in [-0.39, 0.29) is 5.91 Å². The van der Waals surface area contributed by atoms with Gasteiger partial charge in [0.15, 0.2) is 0 Å². The number of anilines is 1. The molecule has 0 fully saturated rings. The van der Waals surface area contributed by atoms with Crippen LogP contribution in [0, 0.1) is 0 Å². The van der Waals surface area contributed by atoms with Crippen LogP contribution in [0.15, 0.2) is 59.7 Å². The van der Waals surface area contributed by atoms with Crippen molar-refractivity contribution in [2.75, 3.05) is 12.8 Å². The zero-order valence-electron chi connectivity index (χ0n) is 14.5. The van der Waals surface area contributed by atoms with E-state index in [1.165, 1.54) is 0 Å². The quantitative estimate of drug-likeness (QED) is 0.374. The number of aromatic nitrogens is 2. The number of nitrogens with one attached hydrogen (secondary N) is 2. The van der Waals surface area contributed by atoms with Gasteiger partial charge in [-0.15, -0.1) is 0 Å². The first-order chi connectivity index (χ1) is 12.6. The fourth-order valence-corrected chi connectivity index (χ4v) is 2.33. The predicted octanol–water partition coefficient (Wildman–Crippen LogP) is 2.82. The molecular formula is C19H19N5O2. The van der Waals surface area contributed by atoms with Crippen molar-refractivity contribution in [3.8, 4) is 17.0 Å². The summed E-state index contributed by atoms with van der Waals surface area (Å²) in [5.41, 5.74) is 12.3. The summed E-state index contributed by atoms with van der Waals surface area (Å²) in [5.74, 6) is 0.391. The number of hydrogen-bond donors (Lipinski definition) is 3. The van der Waals surface area contributed by atoms with Crippen LogP contribution in [-0.2, 0) is 0 Å². The molecule has 0 atom stereocenters. The molecule has 0 saturated carbocycles. The first-order valence-corrected chi connectivity index (χ1v) is 7.97. The second-order valence-corrected chi connectivity index (χ2v) is 5.66. The maximum Gasteiger partial charge on any atom is 0.289 e. The van der Waals surface area contributed by atoms with E-state index < -0.39 is 0 Å². The number of H-pyrrole nitrogens is 1. The minimum Gasteiger partial charge on any atom is -0.497 e. The second kappa shape index (κ2) is 7.52. The Hall–Kier alpha value is -3.61. The van der Waals surface area contributed by atoms with Gasteiger partial charge in [-0.3, -0.25) is 9.89 Å². The van der Waals surface area contributed by atoms with Gasteiger partial charge in [0.05, 0.1) is 18.5 Å². The number of hydrazone groups is 1. The van der Waals surface area contributed by atoms with Crippen molar-refractivity contribution < 1.29 is 9.53 Å². The molecule has 3 aromatic rings. The van der Waals surface area contributed by atoms with Crippen LogP contribution in [0.1, 0.15) is 23.0 Å². The maximum atomic E-state index is 12.3. The fraction of sp³-hybridized carbons (Fsp3) is 0.105. The summed E-state index contributed by atoms with van der Waals surface area (Å²) in [5, 5.41) is 11.0. The summed E-state index contributed by atoms with van der Waals surface area (Å²) in [6.45, 7) is 1.81. The number of methoxy groups -OCH3 is 1. The van der Waals surface area contributed by atoms with E-state index in [9.17, 15) is 4.79 Å². The number of nitrogen functional groups attached to an aromatic ring is 1. The Morgan fingerprint density at radius 2 is 1.85 bits per heavy atom. The molecule has 0 radical (unpaired) electrons. The minimum atomic E-state index is -0.368. The number of rotatable bonds is 5. The fourth-order valence-electron chi connectivity index (χ4n) is 2.33. The van der Waals surface area contributed by atoms with Crippen LogP contribution >= 0.6 is 0 Å². The molecule has 1 amide bonds. The van der Waals surface area contributed by atoms with Crippen LogP contribution in [0.2, 0.25) is 0 Å². The Labute approximate surface area is 150 Å². The lowest BCUT2D eigenvalue weighted by Gasteiger charge is -2.02. The summed E-state index contributed by atoms with van der Waals surface area (Å²) in [6.07, 6.45) is 0. The Morgan fingerprint density at radius 1 is 1.15 bits per heavy atom. The normalized spacial score (nSPS) is 11.2. The van der Waals surface area contributed by atoms with E-state index in [0.717, 1.165) is 16.9 Å². The zero-order valence-corrected chi connectivity index (χ0v) is 14.5. The molecule has 1 aromatic heterocycles. The van der Waals surface area contributed by atoms with E-state index in [0.29, 0.717) is 22.8 Å². The highest BCUT2D eigenvalue weighted by molar-refractivity contribution is 6.00. The smallest absolute Gasteiger partial charge is 0.289 e. The minimum absolute atomic E-state index is 0.324. The standard InChI is InChI=1S/C19H19N5O2/c1-12(13-3-7-15(20)8-4-13)21-24-19(25)18-11-17(22-23-18)14-5-9-16(26-2)10-6-14/h3-11H,20H2,1-2H3,(H,22,23)(H,24,25)/b21-12-. The third kappa shape index (κ3) is 3.89. The van der Waals surface area contributed by atoms with Gasteiger partial charge in [-0.2, -0.15) is 10.2 Å². The van der Waals surface area contributed by atoms with Gasteiger partial charge in [-0.25, -0.2) is 5.43 Å². The Bertz CT molecular complexity index is 927. The zero-order chi connectivity index (χ0) is 18.5. The van der Waals surface area contributed by atoms with Crippen LogP contribution in [0.3, 0.4) is 0 Å². The molecular weight excluding hydrogens is 330 g/mol. The number of nitrogens with zero attached hydrogens (tertiary/aromatic N) is 2. The van der Waals surface area contributed by atoms with Gasteiger partial charge in [0.25, 0.3) is 5.91 Å². The van der Waals surface area contributed by atoms with Crippen LogP contribution in [0.4, 0.5) is 5.69 Å². The molecule has 2 aromatic carbocycles. The number of benzene rings is 2. The molecule has 0 aliphatic rings. The first kappa shape index (κ1) is 17.2. The molecule has 26 heavy (non-hydrogen) atoms. The molecule has 4 N–H and O–H groups in total. The van der Waals surface area contributed by atoms with Crippen LogP contribution < -0.4 is 15.9 Å². The average Bonchev–Trinajstić information content (AvgIpc) is 3.17. The largest absolute Gasteiger partial charge is 0.497 e. The molecule has 0 aliphatic heterocycles. The van der Waals surface area contributed by atoms with Gasteiger partial charge in [0.1, 0.15) is 11.4 Å². The summed E-state index contributed by atoms with van der Waals surface area (Å²) in [4.78, 5) is 12.3. The van der Waals surface area contributed by atoms with Crippen molar-refractivity contribution in [2.45, 2.75) is 6.92 Å². The number of hydrogen-bond acceptors (Lipinski definition) is 5. The summed E-state index contributed by atoms with van der Waals surface area (Å²) in [7, 11) is 1.61. The van der Waals surface area contributed by atoms with Gasteiger partial charge in [-0.05, 0) is 55.0 Å². The molecule has 3 rings (SSSR count). The maximum absolute atomic E-state index is 12.3. The molecule has 7 heteroatoms. The van der Waals surface area contributed by atoms with Gasteiger partial charge in [0.2, 0.25) is 0 Å². The van der Waals surface area contributed by atoms with Crippen molar-refractivity contribution in [3.05, 3.63) is 65.9 Å². The highest BCUT2D eigenvalue weighted by atomic mass is 16.5. The van der Waals surface area contributed by atoms with E-state index in [1.54, 1.807) is 25.3 Å². The Kier molecular flexibility index (Phi) is 4.98. The molecule has 0 unspecified atom stereocenters. The van der Waals surface area contributed by atoms with Crippen molar-refractivity contribution in [3.63, 3.8) is 0 Å². The monoisotopic (exact) mass is 349 g/mol. The Balaban J connectivity index is 1.69. The summed E-state index contributed by atoms with van der Waals surface area (Å²) in [6, 6.07) is 16.4. The van der Waals surface area contributed by atoms with Crippen molar-refractivity contribution in [2.24, 2.45) is 5.10 Å². The predicted molar refractivity (Wildman–Crippen MR) is 101 cm³/mol. The first-order valence-electron chi connectivity index (χ1n) is 7.97. The summed E-state index contributed by atoms with van der Waals surface area (Å²) < 4.78 is 5.13. The van der Waals surface area contributed by atoms with Crippen LogP contribution in [0.5, 0.6) is 5.75 Å². The number of nitrogens with two attached hydrogens (primary N) is 1. The number of carbonyl (C=O) groups is 1. The van der Waals surface area contributed by atoms with Crippen LogP contribution in [0.25, 0.3) is 11.3 Å². The van der Waals surface area contributed by atoms with Gasteiger partial charge < -0.3 is 10.5 Å². The molecule has 0 bridgehead atoms. The van der Waals surface area contributed by atoms with E-state index in [1.807, 2.05) is 43.3 Å².